The topological polar surface area (TPSA) is 79.2 Å². The molecule has 2 N–H and O–H groups in total. The summed E-state index contributed by atoms with van der Waals surface area (Å²) >= 11 is 0. The fraction of sp³-hybridized carbons (Fsp3) is 0.125. The second-order valence-corrected chi connectivity index (χ2v) is 4.76. The first-order valence-electron chi connectivity index (χ1n) is 6.73. The van der Waals surface area contributed by atoms with Crippen molar-refractivity contribution in [2.24, 2.45) is 10.8 Å². The molecule has 0 saturated carbocycles. The van der Waals surface area contributed by atoms with Crippen LogP contribution in [-0.2, 0) is 13.1 Å². The summed E-state index contributed by atoms with van der Waals surface area (Å²) in [7, 11) is 0. The molecule has 3 aromatic rings. The van der Waals surface area contributed by atoms with Gasteiger partial charge in [0.1, 0.15) is 0 Å². The highest BCUT2D eigenvalue weighted by Crippen LogP contribution is 2.30. The number of azide groups is 1. The number of aromatic nitrogens is 1. The average Bonchev–Trinajstić information content (AvgIpc) is 2.91. The Morgan fingerprint density at radius 2 is 1.90 bits per heavy atom. The predicted octanol–water partition coefficient (Wildman–Crippen LogP) is 3.88. The van der Waals surface area contributed by atoms with Crippen LogP contribution in [0.3, 0.4) is 0 Å². The van der Waals surface area contributed by atoms with Crippen LogP contribution in [0.25, 0.3) is 27.2 Å². The molecule has 2 aromatic heterocycles. The predicted molar refractivity (Wildman–Crippen MR) is 83.6 cm³/mol. The molecule has 0 radical (unpaired) electrons. The summed E-state index contributed by atoms with van der Waals surface area (Å²) < 4.78 is 2.11. The molecule has 0 saturated heterocycles. The fourth-order valence-corrected chi connectivity index (χ4v) is 2.64. The summed E-state index contributed by atoms with van der Waals surface area (Å²) in [6, 6.07) is 16.1. The summed E-state index contributed by atoms with van der Waals surface area (Å²) in [5.74, 6) is 0. The second-order valence-electron chi connectivity index (χ2n) is 4.76. The van der Waals surface area contributed by atoms with Gasteiger partial charge in [-0.15, -0.1) is 0 Å². The fourth-order valence-electron chi connectivity index (χ4n) is 2.64. The Bertz CT molecular complexity index is 828. The molecular weight excluding hydrogens is 262 g/mol. The van der Waals surface area contributed by atoms with Gasteiger partial charge in [-0.2, -0.15) is 0 Å². The zero-order chi connectivity index (χ0) is 14.7. The molecule has 0 atom stereocenters. The molecule has 0 aliphatic rings. The first-order chi connectivity index (χ1) is 10.3. The van der Waals surface area contributed by atoms with Crippen molar-refractivity contribution in [3.8, 4) is 11.3 Å². The van der Waals surface area contributed by atoms with Gasteiger partial charge in [-0.3, -0.25) is 0 Å². The van der Waals surface area contributed by atoms with E-state index in [2.05, 4.69) is 26.6 Å². The minimum absolute atomic E-state index is 0.326. The number of pyridine rings is 1. The molecule has 0 unspecified atom stereocenters. The summed E-state index contributed by atoms with van der Waals surface area (Å²) in [6.07, 6.45) is 2.01. The molecule has 21 heavy (non-hydrogen) atoms. The maximum absolute atomic E-state index is 8.60. The third-order valence-corrected chi connectivity index (χ3v) is 3.56. The van der Waals surface area contributed by atoms with Crippen LogP contribution in [0.5, 0.6) is 0 Å². The van der Waals surface area contributed by atoms with Gasteiger partial charge in [0.25, 0.3) is 0 Å². The van der Waals surface area contributed by atoms with Crippen LogP contribution in [0.4, 0.5) is 0 Å². The van der Waals surface area contributed by atoms with Crippen molar-refractivity contribution >= 4 is 5.52 Å². The van der Waals surface area contributed by atoms with Crippen LogP contribution in [0.1, 0.15) is 11.1 Å². The Morgan fingerprint density at radius 1 is 1.10 bits per heavy atom. The van der Waals surface area contributed by atoms with E-state index in [1.54, 1.807) is 0 Å². The molecule has 5 nitrogen and oxygen atoms in total. The van der Waals surface area contributed by atoms with Crippen LogP contribution >= 0.6 is 0 Å². The van der Waals surface area contributed by atoms with E-state index < -0.39 is 0 Å². The average molecular weight is 277 g/mol. The zero-order valence-electron chi connectivity index (χ0n) is 11.5. The molecule has 104 valence electrons. The van der Waals surface area contributed by atoms with Crippen molar-refractivity contribution in [3.63, 3.8) is 0 Å². The summed E-state index contributed by atoms with van der Waals surface area (Å²) in [5.41, 5.74) is 19.7. The molecule has 0 aliphatic carbocycles. The lowest BCUT2D eigenvalue weighted by Gasteiger charge is -2.10. The lowest BCUT2D eigenvalue weighted by molar-refractivity contribution is 1.03. The van der Waals surface area contributed by atoms with Crippen molar-refractivity contribution in [1.29, 1.82) is 0 Å². The Balaban J connectivity index is 2.30. The highest BCUT2D eigenvalue weighted by Gasteiger charge is 2.13. The number of nitrogens with zero attached hydrogens (tertiary/aromatic N) is 4. The molecule has 0 bridgehead atoms. The van der Waals surface area contributed by atoms with E-state index in [1.807, 2.05) is 42.6 Å². The SMILES string of the molecule is [N-]=[N+]=NCc1cc2ccccn2c1-c1ccccc1CN. The number of benzene rings is 1. The Morgan fingerprint density at radius 3 is 2.71 bits per heavy atom. The maximum Gasteiger partial charge on any atom is 0.0565 e. The van der Waals surface area contributed by atoms with Crippen molar-refractivity contribution in [2.75, 3.05) is 0 Å². The van der Waals surface area contributed by atoms with E-state index in [9.17, 15) is 0 Å². The normalized spacial score (nSPS) is 10.5. The van der Waals surface area contributed by atoms with Gasteiger partial charge >= 0.3 is 0 Å². The lowest BCUT2D eigenvalue weighted by Crippen LogP contribution is -2.01. The molecule has 2 heterocycles. The van der Waals surface area contributed by atoms with E-state index in [-0.39, 0.29) is 0 Å². The van der Waals surface area contributed by atoms with E-state index in [0.717, 1.165) is 27.9 Å². The lowest BCUT2D eigenvalue weighted by atomic mass is 10.0. The van der Waals surface area contributed by atoms with Crippen LogP contribution in [-0.4, -0.2) is 4.40 Å². The third kappa shape index (κ3) is 2.36. The van der Waals surface area contributed by atoms with Crippen molar-refractivity contribution in [2.45, 2.75) is 13.1 Å². The smallest absolute Gasteiger partial charge is 0.0565 e. The highest BCUT2D eigenvalue weighted by atomic mass is 15.1. The van der Waals surface area contributed by atoms with Crippen LogP contribution in [0.15, 0.2) is 59.8 Å². The second kappa shape index (κ2) is 5.71. The maximum atomic E-state index is 8.60. The van der Waals surface area contributed by atoms with Gasteiger partial charge in [-0.05, 0) is 34.9 Å². The van der Waals surface area contributed by atoms with E-state index >= 15 is 0 Å². The monoisotopic (exact) mass is 277 g/mol. The van der Waals surface area contributed by atoms with Crippen molar-refractivity contribution in [3.05, 3.63) is 76.3 Å². The van der Waals surface area contributed by atoms with E-state index in [0.29, 0.717) is 13.1 Å². The number of fused-ring (bicyclic) bond motifs is 1. The molecule has 0 spiro atoms. The highest BCUT2D eigenvalue weighted by molar-refractivity contribution is 5.74. The molecule has 1 aromatic carbocycles. The minimum Gasteiger partial charge on any atom is -0.326 e. The molecule has 3 rings (SSSR count). The Hall–Kier alpha value is -2.75. The Labute approximate surface area is 122 Å². The number of rotatable bonds is 4. The van der Waals surface area contributed by atoms with E-state index in [4.69, 9.17) is 11.3 Å². The summed E-state index contributed by atoms with van der Waals surface area (Å²) in [6.45, 7) is 0.795. The quantitative estimate of drug-likeness (QED) is 0.438. The van der Waals surface area contributed by atoms with Crippen LogP contribution < -0.4 is 5.73 Å². The Kier molecular flexibility index (Phi) is 3.60. The molecular formula is C16H15N5. The van der Waals surface area contributed by atoms with Gasteiger partial charge in [-0.25, -0.2) is 0 Å². The van der Waals surface area contributed by atoms with Crippen molar-refractivity contribution < 1.29 is 0 Å². The van der Waals surface area contributed by atoms with Crippen LogP contribution in [0, 0.1) is 0 Å². The molecule has 0 amide bonds. The van der Waals surface area contributed by atoms with Crippen LogP contribution in [0.2, 0.25) is 0 Å². The zero-order valence-corrected chi connectivity index (χ0v) is 11.5. The molecule has 5 heteroatoms. The summed E-state index contributed by atoms with van der Waals surface area (Å²) in [5, 5.41) is 3.71. The van der Waals surface area contributed by atoms with Gasteiger partial charge in [0.05, 0.1) is 12.2 Å². The molecule has 0 aliphatic heterocycles. The standard InChI is InChI=1S/C16H15N5/c17-10-12-5-1-2-7-15(12)16-13(11-19-20-18)9-14-6-3-4-8-21(14)16/h1-9H,10-11,17H2. The minimum atomic E-state index is 0.326. The number of nitrogens with two attached hydrogens (primary N) is 1. The molecule has 0 fully saturated rings. The van der Waals surface area contributed by atoms with Gasteiger partial charge in [-0.1, -0.05) is 35.4 Å². The van der Waals surface area contributed by atoms with Gasteiger partial charge < -0.3 is 10.1 Å². The first-order valence-corrected chi connectivity index (χ1v) is 6.73. The van der Waals surface area contributed by atoms with Gasteiger partial charge in [0.2, 0.25) is 0 Å². The number of hydrogen-bond acceptors (Lipinski definition) is 2. The van der Waals surface area contributed by atoms with E-state index in [1.165, 1.54) is 0 Å². The first kappa shape index (κ1) is 13.2. The van der Waals surface area contributed by atoms with Gasteiger partial charge in [0.15, 0.2) is 0 Å². The third-order valence-electron chi connectivity index (χ3n) is 3.56. The van der Waals surface area contributed by atoms with Gasteiger partial charge in [0, 0.05) is 28.7 Å². The largest absolute Gasteiger partial charge is 0.326 e. The summed E-state index contributed by atoms with van der Waals surface area (Å²) in [4.78, 5) is 2.87. The number of hydrogen-bond donors (Lipinski definition) is 1. The van der Waals surface area contributed by atoms with Crippen molar-refractivity contribution in [1.82, 2.24) is 4.40 Å².